The van der Waals surface area contributed by atoms with E-state index >= 15 is 0 Å². The van der Waals surface area contributed by atoms with Gasteiger partial charge in [-0.1, -0.05) is 30.3 Å². The second-order valence-electron chi connectivity index (χ2n) is 6.54. The molecule has 2 atom stereocenters. The van der Waals surface area contributed by atoms with E-state index in [-0.39, 0.29) is 12.1 Å². The molecule has 1 fully saturated rings. The van der Waals surface area contributed by atoms with Crippen molar-refractivity contribution in [3.63, 3.8) is 0 Å². The average molecular weight is 338 g/mol. The average Bonchev–Trinajstić information content (AvgIpc) is 3.09. The molecular weight excluding hydrogens is 316 g/mol. The van der Waals surface area contributed by atoms with Crippen molar-refractivity contribution in [2.45, 2.75) is 31.5 Å². The monoisotopic (exact) mass is 338 g/mol. The number of hydrogen-bond acceptors (Lipinski definition) is 6. The summed E-state index contributed by atoms with van der Waals surface area (Å²) in [5.74, 6) is 0.789. The first-order valence-corrected chi connectivity index (χ1v) is 8.60. The normalized spacial score (nSPS) is 21.5. The van der Waals surface area contributed by atoms with Gasteiger partial charge in [0.15, 0.2) is 5.58 Å². The van der Waals surface area contributed by atoms with Crippen LogP contribution in [-0.2, 0) is 6.54 Å². The summed E-state index contributed by atoms with van der Waals surface area (Å²) in [5.41, 5.74) is 10.2. The maximum atomic E-state index is 6.49. The first-order chi connectivity index (χ1) is 12.3. The summed E-state index contributed by atoms with van der Waals surface area (Å²) in [6, 6.07) is 14.7. The quantitative estimate of drug-likeness (QED) is 0.788. The number of hydrogen-bond donors (Lipinski definition) is 1. The maximum Gasteiger partial charge on any atom is 0.191 e. The van der Waals surface area contributed by atoms with Crippen molar-refractivity contribution < 1.29 is 9.26 Å². The van der Waals surface area contributed by atoms with Gasteiger partial charge in [0.2, 0.25) is 0 Å². The van der Waals surface area contributed by atoms with Gasteiger partial charge in [0.05, 0.1) is 13.2 Å². The zero-order valence-electron chi connectivity index (χ0n) is 14.3. The van der Waals surface area contributed by atoms with Crippen LogP contribution >= 0.6 is 0 Å². The fourth-order valence-corrected chi connectivity index (χ4v) is 3.77. The molecule has 0 aliphatic carbocycles. The number of aromatic nitrogens is 2. The van der Waals surface area contributed by atoms with E-state index in [0.29, 0.717) is 5.58 Å². The minimum Gasteiger partial charge on any atom is -0.496 e. The molecule has 25 heavy (non-hydrogen) atoms. The SMILES string of the molecule is COc1cc2onnc2cc1CN1CCCC(N)C1c1ccccc1. The molecule has 0 spiro atoms. The standard InChI is InChI=1S/C19H22N4O2/c1-24-17-11-18-16(21-22-25-18)10-14(17)12-23-9-5-8-15(20)19(23)13-6-3-2-4-7-13/h2-4,6-7,10-11,15,19H,5,8-9,12,20H2,1H3. The van der Waals surface area contributed by atoms with E-state index in [1.54, 1.807) is 7.11 Å². The molecule has 2 unspecified atom stereocenters. The van der Waals surface area contributed by atoms with E-state index in [1.165, 1.54) is 5.56 Å². The van der Waals surface area contributed by atoms with Crippen LogP contribution in [0.1, 0.15) is 30.0 Å². The Kier molecular flexibility index (Phi) is 4.38. The number of piperidine rings is 1. The van der Waals surface area contributed by atoms with E-state index in [4.69, 9.17) is 15.0 Å². The van der Waals surface area contributed by atoms with Crippen molar-refractivity contribution in [2.24, 2.45) is 5.73 Å². The summed E-state index contributed by atoms with van der Waals surface area (Å²) >= 11 is 0. The lowest BCUT2D eigenvalue weighted by Gasteiger charge is -2.40. The van der Waals surface area contributed by atoms with Crippen LogP contribution in [-0.4, -0.2) is 35.0 Å². The van der Waals surface area contributed by atoms with Gasteiger partial charge in [-0.15, -0.1) is 5.10 Å². The molecule has 0 amide bonds. The molecule has 4 rings (SSSR count). The molecule has 1 aromatic heterocycles. The van der Waals surface area contributed by atoms with Gasteiger partial charge in [0, 0.05) is 29.5 Å². The minimum absolute atomic E-state index is 0.125. The summed E-state index contributed by atoms with van der Waals surface area (Å²) in [6.07, 6.45) is 2.14. The van der Waals surface area contributed by atoms with Gasteiger partial charge in [0.25, 0.3) is 0 Å². The molecule has 1 aliphatic heterocycles. The highest BCUT2D eigenvalue weighted by molar-refractivity contribution is 5.75. The van der Waals surface area contributed by atoms with Crippen molar-refractivity contribution in [3.8, 4) is 5.75 Å². The Hall–Kier alpha value is -2.44. The summed E-state index contributed by atoms with van der Waals surface area (Å²) < 4.78 is 10.7. The van der Waals surface area contributed by atoms with Crippen LogP contribution in [0.15, 0.2) is 47.0 Å². The molecule has 2 heterocycles. The number of rotatable bonds is 4. The zero-order valence-corrected chi connectivity index (χ0v) is 14.3. The molecule has 130 valence electrons. The van der Waals surface area contributed by atoms with Crippen LogP contribution in [0.25, 0.3) is 11.1 Å². The van der Waals surface area contributed by atoms with Crippen LogP contribution in [0.5, 0.6) is 5.75 Å². The molecule has 6 heteroatoms. The highest BCUT2D eigenvalue weighted by atomic mass is 16.5. The summed E-state index contributed by atoms with van der Waals surface area (Å²) in [7, 11) is 1.67. The van der Waals surface area contributed by atoms with Crippen LogP contribution < -0.4 is 10.5 Å². The molecule has 1 aliphatic rings. The van der Waals surface area contributed by atoms with Gasteiger partial charge in [-0.2, -0.15) is 0 Å². The number of fused-ring (bicyclic) bond motifs is 1. The van der Waals surface area contributed by atoms with Gasteiger partial charge in [-0.3, -0.25) is 4.90 Å². The van der Waals surface area contributed by atoms with Crippen LogP contribution in [0.3, 0.4) is 0 Å². The smallest absolute Gasteiger partial charge is 0.191 e. The zero-order chi connectivity index (χ0) is 17.2. The number of methoxy groups -OCH3 is 1. The first-order valence-electron chi connectivity index (χ1n) is 8.60. The molecule has 6 nitrogen and oxygen atoms in total. The Morgan fingerprint density at radius 1 is 1.28 bits per heavy atom. The van der Waals surface area contributed by atoms with Crippen molar-refractivity contribution in [1.82, 2.24) is 15.3 Å². The number of benzene rings is 2. The predicted molar refractivity (Wildman–Crippen MR) is 95.2 cm³/mol. The first kappa shape index (κ1) is 16.1. The van der Waals surface area contributed by atoms with E-state index < -0.39 is 0 Å². The second-order valence-corrected chi connectivity index (χ2v) is 6.54. The van der Waals surface area contributed by atoms with E-state index in [2.05, 4.69) is 39.5 Å². The fraction of sp³-hybridized carbons (Fsp3) is 0.368. The van der Waals surface area contributed by atoms with Gasteiger partial charge >= 0.3 is 0 Å². The van der Waals surface area contributed by atoms with Gasteiger partial charge in [0.1, 0.15) is 11.3 Å². The van der Waals surface area contributed by atoms with Crippen LogP contribution in [0, 0.1) is 0 Å². The van der Waals surface area contributed by atoms with E-state index in [1.807, 2.05) is 18.2 Å². The van der Waals surface area contributed by atoms with Gasteiger partial charge < -0.3 is 15.0 Å². The highest BCUT2D eigenvalue weighted by Crippen LogP contribution is 2.34. The molecular formula is C19H22N4O2. The molecule has 0 saturated carbocycles. The number of nitrogens with zero attached hydrogens (tertiary/aromatic N) is 3. The Labute approximate surface area is 146 Å². The molecule has 1 saturated heterocycles. The molecule has 3 aromatic rings. The summed E-state index contributed by atoms with van der Waals surface area (Å²) in [4.78, 5) is 2.43. The number of likely N-dealkylation sites (tertiary alicyclic amines) is 1. The van der Waals surface area contributed by atoms with Crippen molar-refractivity contribution in [1.29, 1.82) is 0 Å². The lowest BCUT2D eigenvalue weighted by molar-refractivity contribution is 0.119. The number of ether oxygens (including phenoxy) is 1. The van der Waals surface area contributed by atoms with E-state index in [9.17, 15) is 0 Å². The van der Waals surface area contributed by atoms with Gasteiger partial charge in [-0.05, 0) is 31.0 Å². The van der Waals surface area contributed by atoms with Crippen LogP contribution in [0.2, 0.25) is 0 Å². The Morgan fingerprint density at radius 2 is 2.12 bits per heavy atom. The minimum atomic E-state index is 0.125. The Balaban J connectivity index is 1.68. The third kappa shape index (κ3) is 3.10. The van der Waals surface area contributed by atoms with Crippen molar-refractivity contribution in [3.05, 3.63) is 53.6 Å². The summed E-state index contributed by atoms with van der Waals surface area (Å²) in [6.45, 7) is 1.75. The Bertz CT molecular complexity index is 849. The topological polar surface area (TPSA) is 77.4 Å². The lowest BCUT2D eigenvalue weighted by Crippen LogP contribution is -2.45. The Morgan fingerprint density at radius 3 is 2.92 bits per heavy atom. The fourth-order valence-electron chi connectivity index (χ4n) is 3.77. The molecule has 0 radical (unpaired) electrons. The van der Waals surface area contributed by atoms with E-state index in [0.717, 1.165) is 42.8 Å². The predicted octanol–water partition coefficient (Wildman–Crippen LogP) is 2.90. The summed E-state index contributed by atoms with van der Waals surface area (Å²) in [5, 5.41) is 7.65. The van der Waals surface area contributed by atoms with Crippen molar-refractivity contribution in [2.75, 3.05) is 13.7 Å². The lowest BCUT2D eigenvalue weighted by atomic mass is 9.90. The third-order valence-corrected chi connectivity index (χ3v) is 4.95. The van der Waals surface area contributed by atoms with Crippen molar-refractivity contribution >= 4 is 11.1 Å². The third-order valence-electron chi connectivity index (χ3n) is 4.95. The molecule has 2 aromatic carbocycles. The largest absolute Gasteiger partial charge is 0.496 e. The van der Waals surface area contributed by atoms with Gasteiger partial charge in [-0.25, -0.2) is 0 Å². The molecule has 2 N–H and O–H groups in total. The molecule has 0 bridgehead atoms. The highest BCUT2D eigenvalue weighted by Gasteiger charge is 2.30. The number of nitrogens with two attached hydrogens (primary N) is 1. The second kappa shape index (κ2) is 6.82. The van der Waals surface area contributed by atoms with Crippen LogP contribution in [0.4, 0.5) is 0 Å². The maximum absolute atomic E-state index is 6.49.